The van der Waals surface area contributed by atoms with Crippen LogP contribution in [0.1, 0.15) is 25.3 Å². The summed E-state index contributed by atoms with van der Waals surface area (Å²) in [5, 5.41) is 0. The van der Waals surface area contributed by atoms with Gasteiger partial charge in [0, 0.05) is 19.0 Å². The van der Waals surface area contributed by atoms with Gasteiger partial charge in [-0.1, -0.05) is 30.9 Å². The molecule has 0 N–H and O–H groups in total. The molecule has 0 aliphatic heterocycles. The standard InChI is InChI=1S/C19H21NO3S/c1-4-5-6-9-16-10-7-8-11-19(16)20(2)24(21,22)18-14-12-17(23-3)13-15-18/h7-8,10-15H,4-5H2,1-3H3. The van der Waals surface area contributed by atoms with Crippen molar-refractivity contribution in [3.63, 3.8) is 0 Å². The number of rotatable bonds is 5. The van der Waals surface area contributed by atoms with Gasteiger partial charge in [-0.15, -0.1) is 0 Å². The Labute approximate surface area is 144 Å². The van der Waals surface area contributed by atoms with Gasteiger partial charge in [0.15, 0.2) is 0 Å². The Morgan fingerprint density at radius 3 is 2.38 bits per heavy atom. The highest BCUT2D eigenvalue weighted by Crippen LogP contribution is 2.26. The lowest BCUT2D eigenvalue weighted by Crippen LogP contribution is -2.27. The molecule has 2 aromatic carbocycles. The maximum Gasteiger partial charge on any atom is 0.264 e. The number of ether oxygens (including phenoxy) is 1. The number of unbranched alkanes of at least 4 members (excludes halogenated alkanes) is 1. The first-order valence-electron chi connectivity index (χ1n) is 7.71. The molecule has 0 saturated heterocycles. The quantitative estimate of drug-likeness (QED) is 0.778. The Bertz CT molecular complexity index is 846. The molecular formula is C19H21NO3S. The van der Waals surface area contributed by atoms with Crippen LogP contribution >= 0.6 is 0 Å². The summed E-state index contributed by atoms with van der Waals surface area (Å²) in [6.07, 6.45) is 1.75. The maximum absolute atomic E-state index is 12.9. The molecule has 5 heteroatoms. The summed E-state index contributed by atoms with van der Waals surface area (Å²) in [5.74, 6) is 6.74. The molecule has 0 spiro atoms. The number of hydrogen-bond acceptors (Lipinski definition) is 3. The number of anilines is 1. The van der Waals surface area contributed by atoms with Crippen LogP contribution in [0.5, 0.6) is 5.75 Å². The fourth-order valence-electron chi connectivity index (χ4n) is 2.17. The molecule has 0 aliphatic carbocycles. The minimum atomic E-state index is -3.66. The SMILES string of the molecule is CCCC#Cc1ccccc1N(C)S(=O)(=O)c1ccc(OC)cc1. The van der Waals surface area contributed by atoms with E-state index in [9.17, 15) is 8.42 Å². The fraction of sp³-hybridized carbons (Fsp3) is 0.263. The van der Waals surface area contributed by atoms with Gasteiger partial charge in [0.2, 0.25) is 0 Å². The van der Waals surface area contributed by atoms with Crippen LogP contribution in [-0.4, -0.2) is 22.6 Å². The van der Waals surface area contributed by atoms with Gasteiger partial charge in [-0.2, -0.15) is 0 Å². The van der Waals surface area contributed by atoms with E-state index in [0.717, 1.165) is 12.8 Å². The first-order valence-corrected chi connectivity index (χ1v) is 9.15. The van der Waals surface area contributed by atoms with Crippen LogP contribution in [0.25, 0.3) is 0 Å². The Morgan fingerprint density at radius 2 is 1.75 bits per heavy atom. The first kappa shape index (κ1) is 17.9. The molecule has 0 bridgehead atoms. The number of sulfonamides is 1. The van der Waals surface area contributed by atoms with Crippen LogP contribution in [0.3, 0.4) is 0 Å². The fourth-order valence-corrected chi connectivity index (χ4v) is 3.39. The second-order valence-corrected chi connectivity index (χ2v) is 7.19. The molecule has 2 rings (SSSR count). The van der Waals surface area contributed by atoms with E-state index in [-0.39, 0.29) is 4.90 Å². The normalized spacial score (nSPS) is 10.6. The lowest BCUT2D eigenvalue weighted by atomic mass is 10.2. The van der Waals surface area contributed by atoms with E-state index in [1.807, 2.05) is 12.1 Å². The lowest BCUT2D eigenvalue weighted by Gasteiger charge is -2.21. The predicted octanol–water partition coefficient (Wildman–Crippen LogP) is 3.67. The Balaban J connectivity index is 2.40. The average Bonchev–Trinajstić information content (AvgIpc) is 2.61. The molecule has 0 heterocycles. The highest BCUT2D eigenvalue weighted by Gasteiger charge is 2.22. The predicted molar refractivity (Wildman–Crippen MR) is 96.8 cm³/mol. The second kappa shape index (κ2) is 7.89. The number of hydrogen-bond donors (Lipinski definition) is 0. The number of methoxy groups -OCH3 is 1. The highest BCUT2D eigenvalue weighted by molar-refractivity contribution is 7.92. The molecule has 0 unspecified atom stereocenters. The second-order valence-electron chi connectivity index (χ2n) is 5.22. The minimum absolute atomic E-state index is 0.210. The molecule has 0 amide bonds. The third-order valence-corrected chi connectivity index (χ3v) is 5.34. The van der Waals surface area contributed by atoms with Crippen molar-refractivity contribution in [3.8, 4) is 17.6 Å². The molecule has 2 aromatic rings. The zero-order chi connectivity index (χ0) is 17.6. The van der Waals surface area contributed by atoms with Crippen LogP contribution in [0.15, 0.2) is 53.4 Å². The van der Waals surface area contributed by atoms with Gasteiger partial charge in [0.05, 0.1) is 17.7 Å². The Morgan fingerprint density at radius 1 is 1.08 bits per heavy atom. The third kappa shape index (κ3) is 3.90. The van der Waals surface area contributed by atoms with Crippen molar-refractivity contribution < 1.29 is 13.2 Å². The van der Waals surface area contributed by atoms with Gasteiger partial charge in [-0.3, -0.25) is 4.31 Å². The van der Waals surface area contributed by atoms with Crippen molar-refractivity contribution in [2.45, 2.75) is 24.7 Å². The van der Waals surface area contributed by atoms with Crippen LogP contribution in [-0.2, 0) is 10.0 Å². The van der Waals surface area contributed by atoms with E-state index in [4.69, 9.17) is 4.74 Å². The third-order valence-electron chi connectivity index (χ3n) is 3.56. The van der Waals surface area contributed by atoms with Crippen LogP contribution in [0, 0.1) is 11.8 Å². The molecule has 4 nitrogen and oxygen atoms in total. The van der Waals surface area contributed by atoms with Crippen LogP contribution < -0.4 is 9.04 Å². The molecule has 0 aromatic heterocycles. The Hall–Kier alpha value is -2.45. The molecule has 0 aliphatic rings. The van der Waals surface area contributed by atoms with Gasteiger partial charge < -0.3 is 4.74 Å². The van der Waals surface area contributed by atoms with Crippen molar-refractivity contribution in [3.05, 3.63) is 54.1 Å². The van der Waals surface area contributed by atoms with E-state index in [2.05, 4.69) is 18.8 Å². The van der Waals surface area contributed by atoms with Gasteiger partial charge in [-0.05, 0) is 42.8 Å². The van der Waals surface area contributed by atoms with Crippen molar-refractivity contribution in [2.24, 2.45) is 0 Å². The summed E-state index contributed by atoms with van der Waals surface area (Å²) in [6.45, 7) is 2.06. The number of para-hydroxylation sites is 1. The van der Waals surface area contributed by atoms with Gasteiger partial charge in [-0.25, -0.2) is 8.42 Å². The maximum atomic E-state index is 12.9. The summed E-state index contributed by atoms with van der Waals surface area (Å²) in [4.78, 5) is 0.210. The van der Waals surface area contributed by atoms with Gasteiger partial charge in [0.1, 0.15) is 5.75 Å². The smallest absolute Gasteiger partial charge is 0.264 e. The van der Waals surface area contributed by atoms with Crippen molar-refractivity contribution in [1.29, 1.82) is 0 Å². The monoisotopic (exact) mass is 343 g/mol. The lowest BCUT2D eigenvalue weighted by molar-refractivity contribution is 0.414. The summed E-state index contributed by atoms with van der Waals surface area (Å²) in [6, 6.07) is 13.6. The van der Waals surface area contributed by atoms with E-state index >= 15 is 0 Å². The van der Waals surface area contributed by atoms with Gasteiger partial charge in [0.25, 0.3) is 10.0 Å². The molecule has 126 valence electrons. The van der Waals surface area contributed by atoms with Crippen molar-refractivity contribution in [1.82, 2.24) is 0 Å². The van der Waals surface area contributed by atoms with Crippen molar-refractivity contribution in [2.75, 3.05) is 18.5 Å². The van der Waals surface area contributed by atoms with E-state index in [1.54, 1.807) is 38.4 Å². The molecule has 0 radical (unpaired) electrons. The summed E-state index contributed by atoms with van der Waals surface area (Å²) in [7, 11) is -0.576. The number of benzene rings is 2. The zero-order valence-electron chi connectivity index (χ0n) is 14.1. The van der Waals surface area contributed by atoms with Gasteiger partial charge >= 0.3 is 0 Å². The van der Waals surface area contributed by atoms with Crippen molar-refractivity contribution >= 4 is 15.7 Å². The van der Waals surface area contributed by atoms with Crippen LogP contribution in [0.2, 0.25) is 0 Å². The summed E-state index contributed by atoms with van der Waals surface area (Å²) >= 11 is 0. The van der Waals surface area contributed by atoms with E-state index < -0.39 is 10.0 Å². The van der Waals surface area contributed by atoms with E-state index in [1.165, 1.54) is 16.4 Å². The number of nitrogens with zero attached hydrogens (tertiary/aromatic N) is 1. The first-order chi connectivity index (χ1) is 11.5. The molecule has 0 saturated carbocycles. The van der Waals surface area contributed by atoms with Crippen LogP contribution in [0.4, 0.5) is 5.69 Å². The summed E-state index contributed by atoms with van der Waals surface area (Å²) in [5.41, 5.74) is 1.27. The largest absolute Gasteiger partial charge is 0.497 e. The summed E-state index contributed by atoms with van der Waals surface area (Å²) < 4.78 is 32.0. The molecule has 0 atom stereocenters. The zero-order valence-corrected chi connectivity index (χ0v) is 14.9. The molecule has 24 heavy (non-hydrogen) atoms. The molecular weight excluding hydrogens is 322 g/mol. The minimum Gasteiger partial charge on any atom is -0.497 e. The van der Waals surface area contributed by atoms with E-state index in [0.29, 0.717) is 17.0 Å². The molecule has 0 fully saturated rings. The Kier molecular flexibility index (Phi) is 5.88. The highest BCUT2D eigenvalue weighted by atomic mass is 32.2. The average molecular weight is 343 g/mol. The topological polar surface area (TPSA) is 46.6 Å².